The van der Waals surface area contributed by atoms with E-state index in [9.17, 15) is 14.7 Å². The summed E-state index contributed by atoms with van der Waals surface area (Å²) in [6.45, 7) is 2.44. The predicted octanol–water partition coefficient (Wildman–Crippen LogP) is 2.32. The van der Waals surface area contributed by atoms with Gasteiger partial charge in [-0.05, 0) is 37.1 Å². The number of methoxy groups -OCH3 is 1. The molecule has 1 atom stereocenters. The SMILES string of the molecule is COc1ccc(Br)c(CC(=O)N2CC[C@](C)(C(=O)O)C2)c1. The molecule has 0 aromatic heterocycles. The Morgan fingerprint density at radius 1 is 1.48 bits per heavy atom. The van der Waals surface area contributed by atoms with Crippen LogP contribution in [0.15, 0.2) is 22.7 Å². The first-order chi connectivity index (χ1) is 9.85. The molecule has 0 radical (unpaired) electrons. The van der Waals surface area contributed by atoms with Crippen molar-refractivity contribution in [3.63, 3.8) is 0 Å². The molecule has 1 amide bonds. The average Bonchev–Trinajstić information content (AvgIpc) is 2.85. The number of carbonyl (C=O) groups is 2. The average molecular weight is 356 g/mol. The van der Waals surface area contributed by atoms with Gasteiger partial charge in [0.1, 0.15) is 5.75 Å². The number of benzene rings is 1. The molecule has 6 heteroatoms. The molecule has 1 fully saturated rings. The summed E-state index contributed by atoms with van der Waals surface area (Å²) in [6, 6.07) is 5.47. The lowest BCUT2D eigenvalue weighted by Crippen LogP contribution is -2.35. The van der Waals surface area contributed by atoms with Crippen LogP contribution in [-0.2, 0) is 16.0 Å². The number of carboxylic acids is 1. The summed E-state index contributed by atoms with van der Waals surface area (Å²) >= 11 is 3.42. The van der Waals surface area contributed by atoms with Gasteiger partial charge < -0.3 is 14.7 Å². The van der Waals surface area contributed by atoms with Crippen LogP contribution in [0.1, 0.15) is 18.9 Å². The van der Waals surface area contributed by atoms with Gasteiger partial charge >= 0.3 is 5.97 Å². The molecule has 0 saturated carbocycles. The molecule has 114 valence electrons. The summed E-state index contributed by atoms with van der Waals surface area (Å²) < 4.78 is 6.00. The van der Waals surface area contributed by atoms with Crippen molar-refractivity contribution >= 4 is 27.8 Å². The van der Waals surface area contributed by atoms with E-state index < -0.39 is 11.4 Å². The Kier molecular flexibility index (Phi) is 4.56. The fourth-order valence-electron chi connectivity index (χ4n) is 2.44. The van der Waals surface area contributed by atoms with Gasteiger partial charge in [-0.15, -0.1) is 0 Å². The van der Waals surface area contributed by atoms with Crippen molar-refractivity contribution in [1.29, 1.82) is 0 Å². The van der Waals surface area contributed by atoms with Crippen molar-refractivity contribution in [2.24, 2.45) is 5.41 Å². The second kappa shape index (κ2) is 6.05. The van der Waals surface area contributed by atoms with Crippen LogP contribution in [0.2, 0.25) is 0 Å². The minimum absolute atomic E-state index is 0.0612. The number of hydrogen-bond donors (Lipinski definition) is 1. The minimum Gasteiger partial charge on any atom is -0.497 e. The largest absolute Gasteiger partial charge is 0.497 e. The molecule has 5 nitrogen and oxygen atoms in total. The molecule has 1 N–H and O–H groups in total. The molecule has 0 spiro atoms. The zero-order valence-corrected chi connectivity index (χ0v) is 13.6. The van der Waals surface area contributed by atoms with Gasteiger partial charge in [-0.2, -0.15) is 0 Å². The van der Waals surface area contributed by atoms with Gasteiger partial charge in [-0.1, -0.05) is 15.9 Å². The van der Waals surface area contributed by atoms with Gasteiger partial charge in [-0.3, -0.25) is 9.59 Å². The van der Waals surface area contributed by atoms with Gasteiger partial charge in [-0.25, -0.2) is 0 Å². The molecule has 1 aromatic carbocycles. The summed E-state index contributed by atoms with van der Waals surface area (Å²) in [5.41, 5.74) is 0.00430. The molecule has 1 saturated heterocycles. The van der Waals surface area contributed by atoms with Crippen LogP contribution in [-0.4, -0.2) is 42.1 Å². The first-order valence-corrected chi connectivity index (χ1v) is 7.48. The molecule has 1 aliphatic rings. The highest BCUT2D eigenvalue weighted by atomic mass is 79.9. The number of likely N-dealkylation sites (tertiary alicyclic amines) is 1. The Balaban J connectivity index is 2.08. The minimum atomic E-state index is -0.847. The fourth-order valence-corrected chi connectivity index (χ4v) is 2.82. The molecule has 21 heavy (non-hydrogen) atoms. The summed E-state index contributed by atoms with van der Waals surface area (Å²) in [4.78, 5) is 25.2. The van der Waals surface area contributed by atoms with E-state index in [1.54, 1.807) is 18.9 Å². The Hall–Kier alpha value is -1.56. The number of nitrogens with zero attached hydrogens (tertiary/aromatic N) is 1. The molecular weight excluding hydrogens is 338 g/mol. The van der Waals surface area contributed by atoms with Crippen molar-refractivity contribution in [2.45, 2.75) is 19.8 Å². The monoisotopic (exact) mass is 355 g/mol. The standard InChI is InChI=1S/C15H18BrNO4/c1-15(14(19)20)5-6-17(9-15)13(18)8-10-7-11(21-2)3-4-12(10)16/h3-4,7H,5-6,8-9H2,1-2H3,(H,19,20)/t15-/m0/s1. The lowest BCUT2D eigenvalue weighted by molar-refractivity contribution is -0.147. The van der Waals surface area contributed by atoms with Crippen molar-refractivity contribution in [1.82, 2.24) is 4.90 Å². The maximum atomic E-state index is 12.3. The van der Waals surface area contributed by atoms with Gasteiger partial charge in [0, 0.05) is 17.6 Å². The number of aliphatic carboxylic acids is 1. The lowest BCUT2D eigenvalue weighted by Gasteiger charge is -2.20. The number of rotatable bonds is 4. The highest BCUT2D eigenvalue weighted by Crippen LogP contribution is 2.31. The number of amides is 1. The maximum Gasteiger partial charge on any atom is 0.311 e. The third-order valence-corrected chi connectivity index (χ3v) is 4.71. The Morgan fingerprint density at radius 2 is 2.19 bits per heavy atom. The van der Waals surface area contributed by atoms with Crippen LogP contribution in [0.5, 0.6) is 5.75 Å². The molecule has 1 aliphatic heterocycles. The van der Waals surface area contributed by atoms with Gasteiger partial charge in [0.15, 0.2) is 0 Å². The summed E-state index contributed by atoms with van der Waals surface area (Å²) in [7, 11) is 1.58. The first-order valence-electron chi connectivity index (χ1n) is 6.69. The van der Waals surface area contributed by atoms with Crippen LogP contribution in [0, 0.1) is 5.41 Å². The van der Waals surface area contributed by atoms with Crippen molar-refractivity contribution < 1.29 is 19.4 Å². The Labute approximate surface area is 132 Å². The normalized spacial score (nSPS) is 21.4. The molecule has 0 aliphatic carbocycles. The van der Waals surface area contributed by atoms with Crippen LogP contribution in [0.25, 0.3) is 0 Å². The summed E-state index contributed by atoms with van der Waals surface area (Å²) in [6.07, 6.45) is 0.723. The molecule has 1 aromatic rings. The molecule has 1 heterocycles. The van der Waals surface area contributed by atoms with Crippen molar-refractivity contribution in [3.05, 3.63) is 28.2 Å². The van der Waals surface area contributed by atoms with Crippen LogP contribution in [0.4, 0.5) is 0 Å². The van der Waals surface area contributed by atoms with E-state index in [2.05, 4.69) is 15.9 Å². The predicted molar refractivity (Wildman–Crippen MR) is 81.3 cm³/mol. The van der Waals surface area contributed by atoms with Gasteiger partial charge in [0.2, 0.25) is 5.91 Å². The smallest absolute Gasteiger partial charge is 0.311 e. The number of hydrogen-bond acceptors (Lipinski definition) is 3. The third-order valence-electron chi connectivity index (χ3n) is 3.94. The lowest BCUT2D eigenvalue weighted by atomic mass is 9.90. The first kappa shape index (κ1) is 15.8. The number of halogens is 1. The highest BCUT2D eigenvalue weighted by molar-refractivity contribution is 9.10. The number of carboxylic acid groups (broad SMARTS) is 1. The van der Waals surface area contributed by atoms with Gasteiger partial charge in [0.05, 0.1) is 18.9 Å². The quantitative estimate of drug-likeness (QED) is 0.899. The second-order valence-corrected chi connectivity index (χ2v) is 6.42. The van der Waals surface area contributed by atoms with Crippen molar-refractivity contribution in [2.75, 3.05) is 20.2 Å². The van der Waals surface area contributed by atoms with Crippen molar-refractivity contribution in [3.8, 4) is 5.75 Å². The zero-order chi connectivity index (χ0) is 15.6. The summed E-state index contributed by atoms with van der Waals surface area (Å²) in [5, 5.41) is 9.21. The van der Waals surface area contributed by atoms with E-state index >= 15 is 0 Å². The zero-order valence-electron chi connectivity index (χ0n) is 12.1. The fraction of sp³-hybridized carbons (Fsp3) is 0.467. The van der Waals surface area contributed by atoms with Crippen LogP contribution in [0.3, 0.4) is 0 Å². The highest BCUT2D eigenvalue weighted by Gasteiger charge is 2.41. The Morgan fingerprint density at radius 3 is 2.76 bits per heavy atom. The third kappa shape index (κ3) is 3.37. The Bertz CT molecular complexity index is 575. The van der Waals surface area contributed by atoms with Crippen LogP contribution >= 0.6 is 15.9 Å². The van der Waals surface area contributed by atoms with Crippen LogP contribution < -0.4 is 4.74 Å². The number of carbonyl (C=O) groups excluding carboxylic acids is 1. The topological polar surface area (TPSA) is 66.8 Å². The molecule has 0 bridgehead atoms. The molecule has 2 rings (SSSR count). The maximum absolute atomic E-state index is 12.3. The number of ether oxygens (including phenoxy) is 1. The van der Waals surface area contributed by atoms with E-state index in [0.29, 0.717) is 18.7 Å². The van der Waals surface area contributed by atoms with Gasteiger partial charge in [0.25, 0.3) is 0 Å². The molecular formula is C15H18BrNO4. The van der Waals surface area contributed by atoms with E-state index in [4.69, 9.17) is 4.74 Å². The summed E-state index contributed by atoms with van der Waals surface area (Å²) in [5.74, 6) is -0.216. The van der Waals surface area contributed by atoms with E-state index in [1.165, 1.54) is 0 Å². The molecule has 0 unspecified atom stereocenters. The van der Waals surface area contributed by atoms with E-state index in [1.807, 2.05) is 18.2 Å². The van der Waals surface area contributed by atoms with E-state index in [-0.39, 0.29) is 18.9 Å². The van der Waals surface area contributed by atoms with E-state index in [0.717, 1.165) is 10.0 Å². The second-order valence-electron chi connectivity index (χ2n) is 5.57.